The second-order valence-corrected chi connectivity index (χ2v) is 7.62. The number of nitrogens with one attached hydrogen (secondary N) is 2. The molecule has 136 valence electrons. The quantitative estimate of drug-likeness (QED) is 0.853. The first-order valence-electron chi connectivity index (χ1n) is 7.63. The lowest BCUT2D eigenvalue weighted by Gasteiger charge is -2.17. The number of fused-ring (bicyclic) bond motifs is 1. The SMILES string of the molecule is O=C1CCc2cc(NC(=O)c3ccc(S(=O)(=O)C(F)F)cc3)ccc2N1. The van der Waals surface area contributed by atoms with E-state index >= 15 is 0 Å². The highest BCUT2D eigenvalue weighted by molar-refractivity contribution is 7.91. The molecule has 2 amide bonds. The van der Waals surface area contributed by atoms with Gasteiger partial charge in [-0.05, 0) is 54.4 Å². The number of halogens is 2. The zero-order valence-corrected chi connectivity index (χ0v) is 14.1. The van der Waals surface area contributed by atoms with Crippen LogP contribution in [0.3, 0.4) is 0 Å². The predicted octanol–water partition coefficient (Wildman–Crippen LogP) is 2.82. The molecule has 1 aliphatic rings. The van der Waals surface area contributed by atoms with Crippen LogP contribution in [-0.2, 0) is 21.1 Å². The molecular weight excluding hydrogens is 366 g/mol. The summed E-state index contributed by atoms with van der Waals surface area (Å²) in [6.07, 6.45) is 0.926. The summed E-state index contributed by atoms with van der Waals surface area (Å²) in [5.74, 6) is -4.09. The van der Waals surface area contributed by atoms with E-state index in [2.05, 4.69) is 10.6 Å². The molecule has 9 heteroatoms. The first kappa shape index (κ1) is 18.0. The second kappa shape index (κ2) is 6.83. The molecule has 1 aliphatic heterocycles. The zero-order valence-electron chi connectivity index (χ0n) is 13.3. The van der Waals surface area contributed by atoms with Crippen molar-refractivity contribution in [3.05, 3.63) is 53.6 Å². The fourth-order valence-corrected chi connectivity index (χ4v) is 3.28. The van der Waals surface area contributed by atoms with Gasteiger partial charge >= 0.3 is 5.76 Å². The normalized spacial score (nSPS) is 13.9. The van der Waals surface area contributed by atoms with Crippen LogP contribution < -0.4 is 10.6 Å². The first-order chi connectivity index (χ1) is 12.3. The highest BCUT2D eigenvalue weighted by Gasteiger charge is 2.26. The van der Waals surface area contributed by atoms with E-state index in [1.54, 1.807) is 18.2 Å². The maximum absolute atomic E-state index is 12.5. The summed E-state index contributed by atoms with van der Waals surface area (Å²) in [4.78, 5) is 23.0. The van der Waals surface area contributed by atoms with Gasteiger partial charge in [0.1, 0.15) is 0 Å². The monoisotopic (exact) mass is 380 g/mol. The smallest absolute Gasteiger partial charge is 0.326 e. The van der Waals surface area contributed by atoms with Gasteiger partial charge in [0.15, 0.2) is 0 Å². The fourth-order valence-electron chi connectivity index (χ4n) is 2.56. The largest absolute Gasteiger partial charge is 0.341 e. The van der Waals surface area contributed by atoms with Crippen molar-refractivity contribution in [1.82, 2.24) is 0 Å². The Balaban J connectivity index is 1.75. The van der Waals surface area contributed by atoms with E-state index in [-0.39, 0.29) is 11.5 Å². The van der Waals surface area contributed by atoms with E-state index in [0.29, 0.717) is 24.2 Å². The molecule has 2 aromatic rings. The number of benzene rings is 2. The average molecular weight is 380 g/mol. The standard InChI is InChI=1S/C17H14F2N2O4S/c18-17(19)26(24,25)13-5-1-10(2-6-13)16(23)20-12-4-7-14-11(9-12)3-8-15(22)21-14/h1-2,4-7,9,17H,3,8H2,(H,20,23)(H,21,22). The molecule has 0 atom stereocenters. The van der Waals surface area contributed by atoms with Crippen LogP contribution in [0.4, 0.5) is 20.2 Å². The van der Waals surface area contributed by atoms with Gasteiger partial charge < -0.3 is 10.6 Å². The highest BCUT2D eigenvalue weighted by atomic mass is 32.2. The van der Waals surface area contributed by atoms with Gasteiger partial charge in [-0.1, -0.05) is 0 Å². The third-order valence-corrected chi connectivity index (χ3v) is 5.34. The Morgan fingerprint density at radius 2 is 1.77 bits per heavy atom. The summed E-state index contributed by atoms with van der Waals surface area (Å²) >= 11 is 0. The number of rotatable bonds is 4. The van der Waals surface area contributed by atoms with Crippen molar-refractivity contribution >= 4 is 33.0 Å². The Labute approximate surface area is 148 Å². The Bertz CT molecular complexity index is 973. The minimum Gasteiger partial charge on any atom is -0.326 e. The summed E-state index contributed by atoms with van der Waals surface area (Å²) < 4.78 is 47.8. The number of aryl methyl sites for hydroxylation is 1. The number of anilines is 2. The molecule has 26 heavy (non-hydrogen) atoms. The Kier molecular flexibility index (Phi) is 4.73. The van der Waals surface area contributed by atoms with E-state index in [1.165, 1.54) is 12.1 Å². The Hall–Kier alpha value is -2.81. The maximum atomic E-state index is 12.5. The lowest BCUT2D eigenvalue weighted by atomic mass is 10.0. The van der Waals surface area contributed by atoms with Crippen LogP contribution in [-0.4, -0.2) is 26.0 Å². The molecule has 2 N–H and O–H groups in total. The fraction of sp³-hybridized carbons (Fsp3) is 0.176. The third-order valence-electron chi connectivity index (χ3n) is 3.94. The van der Waals surface area contributed by atoms with E-state index in [0.717, 1.165) is 17.7 Å². The molecule has 0 radical (unpaired) electrons. The van der Waals surface area contributed by atoms with E-state index in [1.807, 2.05) is 0 Å². The van der Waals surface area contributed by atoms with Gasteiger partial charge in [0.25, 0.3) is 5.91 Å². The summed E-state index contributed by atoms with van der Waals surface area (Å²) in [6, 6.07) is 9.32. The van der Waals surface area contributed by atoms with Crippen molar-refractivity contribution in [3.8, 4) is 0 Å². The molecule has 0 spiro atoms. The van der Waals surface area contributed by atoms with Gasteiger partial charge in [-0.15, -0.1) is 0 Å². The van der Waals surface area contributed by atoms with Crippen LogP contribution in [0.25, 0.3) is 0 Å². The number of carbonyl (C=O) groups excluding carboxylic acids is 2. The summed E-state index contributed by atoms with van der Waals surface area (Å²) in [7, 11) is -4.69. The number of carbonyl (C=O) groups is 2. The zero-order chi connectivity index (χ0) is 18.9. The molecule has 0 saturated carbocycles. The van der Waals surface area contributed by atoms with Gasteiger partial charge in [0, 0.05) is 23.4 Å². The minimum absolute atomic E-state index is 0.0619. The molecule has 0 bridgehead atoms. The van der Waals surface area contributed by atoms with Crippen molar-refractivity contribution in [2.75, 3.05) is 10.6 Å². The summed E-state index contributed by atoms with van der Waals surface area (Å²) in [6.45, 7) is 0. The van der Waals surface area contributed by atoms with Crippen LogP contribution >= 0.6 is 0 Å². The van der Waals surface area contributed by atoms with Crippen molar-refractivity contribution in [2.24, 2.45) is 0 Å². The number of hydrogen-bond acceptors (Lipinski definition) is 4. The van der Waals surface area contributed by atoms with Gasteiger partial charge in [0.05, 0.1) is 4.90 Å². The minimum atomic E-state index is -4.69. The van der Waals surface area contributed by atoms with Crippen LogP contribution in [0.1, 0.15) is 22.3 Å². The highest BCUT2D eigenvalue weighted by Crippen LogP contribution is 2.26. The molecule has 0 fully saturated rings. The van der Waals surface area contributed by atoms with Crippen LogP contribution in [0.5, 0.6) is 0 Å². The summed E-state index contributed by atoms with van der Waals surface area (Å²) in [5.41, 5.74) is 2.22. The molecule has 0 saturated heterocycles. The van der Waals surface area contributed by atoms with Crippen LogP contribution in [0.2, 0.25) is 0 Å². The maximum Gasteiger partial charge on any atom is 0.341 e. The third kappa shape index (κ3) is 3.57. The lowest BCUT2D eigenvalue weighted by Crippen LogP contribution is -2.19. The van der Waals surface area contributed by atoms with E-state index in [4.69, 9.17) is 0 Å². The van der Waals surface area contributed by atoms with Gasteiger partial charge in [-0.25, -0.2) is 8.42 Å². The first-order valence-corrected chi connectivity index (χ1v) is 9.18. The number of sulfone groups is 1. The Morgan fingerprint density at radius 1 is 1.08 bits per heavy atom. The average Bonchev–Trinajstić information content (AvgIpc) is 2.61. The molecule has 0 aliphatic carbocycles. The van der Waals surface area contributed by atoms with Crippen LogP contribution in [0.15, 0.2) is 47.4 Å². The summed E-state index contributed by atoms with van der Waals surface area (Å²) in [5, 5.41) is 5.38. The number of hydrogen-bond donors (Lipinski definition) is 2. The van der Waals surface area contributed by atoms with Crippen molar-refractivity contribution in [1.29, 1.82) is 0 Å². The van der Waals surface area contributed by atoms with Gasteiger partial charge in [-0.2, -0.15) is 8.78 Å². The molecular formula is C17H14F2N2O4S. The second-order valence-electron chi connectivity index (χ2n) is 5.70. The van der Waals surface area contributed by atoms with Crippen molar-refractivity contribution in [3.63, 3.8) is 0 Å². The van der Waals surface area contributed by atoms with E-state index < -0.39 is 26.4 Å². The lowest BCUT2D eigenvalue weighted by molar-refractivity contribution is -0.116. The van der Waals surface area contributed by atoms with Crippen molar-refractivity contribution < 1.29 is 26.8 Å². The van der Waals surface area contributed by atoms with Gasteiger partial charge in [0.2, 0.25) is 15.7 Å². The number of amides is 2. The van der Waals surface area contributed by atoms with Crippen molar-refractivity contribution in [2.45, 2.75) is 23.5 Å². The van der Waals surface area contributed by atoms with Gasteiger partial charge in [-0.3, -0.25) is 9.59 Å². The molecule has 0 unspecified atom stereocenters. The predicted molar refractivity (Wildman–Crippen MR) is 91.0 cm³/mol. The van der Waals surface area contributed by atoms with E-state index in [9.17, 15) is 26.8 Å². The molecule has 1 heterocycles. The molecule has 3 rings (SSSR count). The molecule has 2 aromatic carbocycles. The Morgan fingerprint density at radius 3 is 2.42 bits per heavy atom. The topological polar surface area (TPSA) is 92.3 Å². The molecule has 6 nitrogen and oxygen atoms in total. The molecule has 0 aromatic heterocycles. The van der Waals surface area contributed by atoms with Crippen LogP contribution in [0, 0.1) is 0 Å². The number of alkyl halides is 2.